The minimum atomic E-state index is -0.848. The molecule has 0 saturated carbocycles. The molecular weight excluding hydrogens is 318 g/mol. The Labute approximate surface area is 145 Å². The first-order valence-corrected chi connectivity index (χ1v) is 8.16. The molecule has 1 unspecified atom stereocenters. The van der Waals surface area contributed by atoms with Crippen molar-refractivity contribution in [2.24, 2.45) is 0 Å². The highest BCUT2D eigenvalue weighted by molar-refractivity contribution is 5.75. The number of fused-ring (bicyclic) bond motifs is 1. The van der Waals surface area contributed by atoms with E-state index in [0.717, 1.165) is 22.4 Å². The first-order valence-electron chi connectivity index (χ1n) is 8.16. The molecule has 0 amide bonds. The number of aliphatic hydroxyl groups is 1. The van der Waals surface area contributed by atoms with E-state index < -0.39 is 6.10 Å². The molecule has 0 radical (unpaired) electrons. The van der Waals surface area contributed by atoms with Crippen molar-refractivity contribution in [3.63, 3.8) is 0 Å². The van der Waals surface area contributed by atoms with Crippen molar-refractivity contribution in [2.75, 3.05) is 6.61 Å². The smallest absolute Gasteiger partial charge is 0.276 e. The van der Waals surface area contributed by atoms with Gasteiger partial charge in [0.2, 0.25) is 0 Å². The Kier molecular flexibility index (Phi) is 4.81. The molecule has 0 fully saturated rings. The molecule has 0 saturated heterocycles. The molecule has 2 aromatic heterocycles. The van der Waals surface area contributed by atoms with E-state index in [-0.39, 0.29) is 18.7 Å². The van der Waals surface area contributed by atoms with Crippen LogP contribution in [0.2, 0.25) is 0 Å². The molecule has 3 aromatic rings. The van der Waals surface area contributed by atoms with Crippen LogP contribution < -0.4 is 10.3 Å². The first-order chi connectivity index (χ1) is 12.0. The zero-order chi connectivity index (χ0) is 18.0. The van der Waals surface area contributed by atoms with Crippen LogP contribution in [0.15, 0.2) is 41.5 Å². The summed E-state index contributed by atoms with van der Waals surface area (Å²) < 4.78 is 7.05. The highest BCUT2D eigenvalue weighted by Crippen LogP contribution is 2.25. The lowest BCUT2D eigenvalue weighted by Gasteiger charge is -2.17. The Morgan fingerprint density at radius 1 is 1.20 bits per heavy atom. The molecule has 6 nitrogen and oxygen atoms in total. The van der Waals surface area contributed by atoms with Crippen LogP contribution in [0.25, 0.3) is 10.9 Å². The van der Waals surface area contributed by atoms with Gasteiger partial charge < -0.3 is 9.84 Å². The number of aryl methyl sites for hydroxylation is 2. The lowest BCUT2D eigenvalue weighted by molar-refractivity contribution is 0.0875. The molecule has 2 heterocycles. The van der Waals surface area contributed by atoms with Crippen LogP contribution >= 0.6 is 0 Å². The van der Waals surface area contributed by atoms with Gasteiger partial charge in [0, 0.05) is 6.20 Å². The summed E-state index contributed by atoms with van der Waals surface area (Å²) in [6.45, 7) is 6.13. The highest BCUT2D eigenvalue weighted by atomic mass is 16.5. The fourth-order valence-electron chi connectivity index (χ4n) is 2.73. The number of benzene rings is 1. The van der Waals surface area contributed by atoms with Gasteiger partial charge in [-0.25, -0.2) is 4.68 Å². The Morgan fingerprint density at radius 3 is 2.76 bits per heavy atom. The minimum Gasteiger partial charge on any atom is -0.490 e. The molecule has 3 rings (SSSR count). The average Bonchev–Trinajstić information content (AvgIpc) is 2.61. The Balaban J connectivity index is 1.74. The van der Waals surface area contributed by atoms with Gasteiger partial charge in [-0.3, -0.25) is 9.78 Å². The van der Waals surface area contributed by atoms with Gasteiger partial charge in [0.25, 0.3) is 5.56 Å². The molecule has 0 aliphatic carbocycles. The van der Waals surface area contributed by atoms with Gasteiger partial charge in [0.1, 0.15) is 18.5 Å². The van der Waals surface area contributed by atoms with Gasteiger partial charge in [-0.1, -0.05) is 12.1 Å². The van der Waals surface area contributed by atoms with Crippen molar-refractivity contribution in [3.05, 3.63) is 63.7 Å². The third-order valence-electron chi connectivity index (χ3n) is 4.30. The zero-order valence-electron chi connectivity index (χ0n) is 14.6. The van der Waals surface area contributed by atoms with Crippen LogP contribution in [0.1, 0.15) is 16.7 Å². The molecular formula is C19H21N3O3. The van der Waals surface area contributed by atoms with E-state index in [2.05, 4.69) is 10.1 Å². The van der Waals surface area contributed by atoms with Crippen LogP contribution in [0.4, 0.5) is 0 Å². The summed E-state index contributed by atoms with van der Waals surface area (Å²) in [6, 6.07) is 7.44. The Morgan fingerprint density at radius 2 is 1.96 bits per heavy atom. The fraction of sp³-hybridized carbons (Fsp3) is 0.316. The molecule has 0 aliphatic heterocycles. The van der Waals surface area contributed by atoms with E-state index in [0.29, 0.717) is 10.9 Å². The van der Waals surface area contributed by atoms with Gasteiger partial charge in [0.05, 0.1) is 23.6 Å². The quantitative estimate of drug-likeness (QED) is 0.771. The van der Waals surface area contributed by atoms with Crippen LogP contribution in [0.3, 0.4) is 0 Å². The second-order valence-corrected chi connectivity index (χ2v) is 6.19. The van der Waals surface area contributed by atoms with Crippen molar-refractivity contribution in [1.29, 1.82) is 0 Å². The molecule has 0 spiro atoms. The molecule has 1 N–H and O–H groups in total. The third-order valence-corrected chi connectivity index (χ3v) is 4.30. The molecule has 1 atom stereocenters. The normalized spacial score (nSPS) is 12.3. The number of aromatic nitrogens is 3. The van der Waals surface area contributed by atoms with Crippen molar-refractivity contribution in [1.82, 2.24) is 14.8 Å². The number of ether oxygens (including phenoxy) is 1. The largest absolute Gasteiger partial charge is 0.490 e. The summed E-state index contributed by atoms with van der Waals surface area (Å²) in [5.41, 5.74) is 3.48. The van der Waals surface area contributed by atoms with Crippen LogP contribution in [0, 0.1) is 20.8 Å². The second-order valence-electron chi connectivity index (χ2n) is 6.19. The molecule has 1 aromatic carbocycles. The Bertz CT molecular complexity index is 966. The molecule has 0 aliphatic rings. The number of hydrogen-bond donors (Lipinski definition) is 1. The fourth-order valence-corrected chi connectivity index (χ4v) is 2.73. The topological polar surface area (TPSA) is 77.2 Å². The summed E-state index contributed by atoms with van der Waals surface area (Å²) >= 11 is 0. The van der Waals surface area contributed by atoms with E-state index in [9.17, 15) is 9.90 Å². The van der Waals surface area contributed by atoms with Crippen LogP contribution in [0.5, 0.6) is 5.75 Å². The van der Waals surface area contributed by atoms with E-state index in [1.54, 1.807) is 18.3 Å². The predicted molar refractivity (Wildman–Crippen MR) is 96.0 cm³/mol. The maximum absolute atomic E-state index is 12.4. The lowest BCUT2D eigenvalue weighted by atomic mass is 10.1. The van der Waals surface area contributed by atoms with E-state index in [1.165, 1.54) is 10.9 Å². The standard InChI is InChI=1S/C19H21N3O3/c1-12-6-7-13(2)18(14(12)3)25-11-15(23)10-22-19(24)16-5-4-8-20-17(16)9-21-22/h4-9,15,23H,10-11H2,1-3H3. The van der Waals surface area contributed by atoms with E-state index in [4.69, 9.17) is 4.74 Å². The highest BCUT2D eigenvalue weighted by Gasteiger charge is 2.13. The summed E-state index contributed by atoms with van der Waals surface area (Å²) in [6.07, 6.45) is 2.29. The summed E-state index contributed by atoms with van der Waals surface area (Å²) in [4.78, 5) is 16.5. The summed E-state index contributed by atoms with van der Waals surface area (Å²) in [5, 5.41) is 14.8. The molecule has 6 heteroatoms. The summed E-state index contributed by atoms with van der Waals surface area (Å²) in [7, 11) is 0. The average molecular weight is 339 g/mol. The minimum absolute atomic E-state index is 0.0631. The SMILES string of the molecule is Cc1ccc(C)c(OCC(O)Cn2ncc3ncccc3c2=O)c1C. The van der Waals surface area contributed by atoms with Gasteiger partial charge >= 0.3 is 0 Å². The van der Waals surface area contributed by atoms with Crippen molar-refractivity contribution >= 4 is 10.9 Å². The Hall–Kier alpha value is -2.73. The maximum Gasteiger partial charge on any atom is 0.276 e. The number of pyridine rings is 1. The number of aliphatic hydroxyl groups excluding tert-OH is 1. The summed E-state index contributed by atoms with van der Waals surface area (Å²) in [5.74, 6) is 0.780. The second kappa shape index (κ2) is 7.03. The van der Waals surface area contributed by atoms with Crippen LogP contribution in [-0.2, 0) is 6.54 Å². The third kappa shape index (κ3) is 3.53. The molecule has 0 bridgehead atoms. The van der Waals surface area contributed by atoms with Crippen molar-refractivity contribution < 1.29 is 9.84 Å². The van der Waals surface area contributed by atoms with Gasteiger partial charge in [-0.15, -0.1) is 0 Å². The maximum atomic E-state index is 12.4. The monoisotopic (exact) mass is 339 g/mol. The zero-order valence-corrected chi connectivity index (χ0v) is 14.6. The van der Waals surface area contributed by atoms with Crippen molar-refractivity contribution in [3.8, 4) is 5.75 Å². The van der Waals surface area contributed by atoms with Gasteiger partial charge in [0.15, 0.2) is 0 Å². The number of rotatable bonds is 5. The molecule has 25 heavy (non-hydrogen) atoms. The van der Waals surface area contributed by atoms with E-state index >= 15 is 0 Å². The van der Waals surface area contributed by atoms with Crippen molar-refractivity contribution in [2.45, 2.75) is 33.4 Å². The number of nitrogens with zero attached hydrogens (tertiary/aromatic N) is 3. The van der Waals surface area contributed by atoms with Gasteiger partial charge in [-0.05, 0) is 49.6 Å². The lowest BCUT2D eigenvalue weighted by Crippen LogP contribution is -2.32. The molecule has 130 valence electrons. The predicted octanol–water partition coefficient (Wildman–Crippen LogP) is 2.16. The van der Waals surface area contributed by atoms with E-state index in [1.807, 2.05) is 32.9 Å². The first kappa shape index (κ1) is 17.1. The van der Waals surface area contributed by atoms with Gasteiger partial charge in [-0.2, -0.15) is 5.10 Å². The number of hydrogen-bond acceptors (Lipinski definition) is 5. The van der Waals surface area contributed by atoms with Crippen LogP contribution in [-0.4, -0.2) is 32.6 Å².